The third kappa shape index (κ3) is 3.45. The Hall–Kier alpha value is -1.37. The maximum absolute atomic E-state index is 12.3. The van der Waals surface area contributed by atoms with E-state index in [0.29, 0.717) is 23.6 Å². The van der Waals surface area contributed by atoms with Crippen molar-refractivity contribution in [1.82, 2.24) is 4.90 Å². The minimum absolute atomic E-state index is 0.0742. The van der Waals surface area contributed by atoms with Gasteiger partial charge in [0, 0.05) is 12.1 Å². The molecule has 1 aromatic heterocycles. The minimum atomic E-state index is 0.0742. The molecule has 0 unspecified atom stereocenters. The lowest BCUT2D eigenvalue weighted by Gasteiger charge is -2.15. The molecular formula is C15H14BrNO3S. The van der Waals surface area contributed by atoms with Gasteiger partial charge >= 0.3 is 0 Å². The Bertz CT molecular complexity index is 671. The molecule has 1 aliphatic heterocycles. The first-order valence-electron chi connectivity index (χ1n) is 6.46. The largest absolute Gasteiger partial charge is 0.454 e. The van der Waals surface area contributed by atoms with E-state index < -0.39 is 0 Å². The summed E-state index contributed by atoms with van der Waals surface area (Å²) in [6.07, 6.45) is 0. The number of hydrogen-bond donors (Lipinski definition) is 0. The number of carbonyl (C=O) groups excluding carboxylic acids is 1. The SMILES string of the molecule is CN(CC(=O)c1ccc2c(c1)OCO2)Cc1csc(Br)c1. The van der Waals surface area contributed by atoms with Gasteiger partial charge in [0.2, 0.25) is 6.79 Å². The maximum Gasteiger partial charge on any atom is 0.231 e. The van der Waals surface area contributed by atoms with Gasteiger partial charge in [-0.1, -0.05) is 0 Å². The lowest BCUT2D eigenvalue weighted by Crippen LogP contribution is -2.25. The fourth-order valence-corrected chi connectivity index (χ4v) is 3.40. The van der Waals surface area contributed by atoms with E-state index in [-0.39, 0.29) is 12.6 Å². The first kappa shape index (κ1) is 14.6. The number of carbonyl (C=O) groups is 1. The summed E-state index contributed by atoms with van der Waals surface area (Å²) in [7, 11) is 1.94. The third-order valence-electron chi connectivity index (χ3n) is 3.18. The Labute approximate surface area is 135 Å². The van der Waals surface area contributed by atoms with Gasteiger partial charge in [-0.3, -0.25) is 9.69 Å². The molecule has 0 saturated carbocycles. The number of ketones is 1. The lowest BCUT2D eigenvalue weighted by molar-refractivity contribution is 0.0942. The Morgan fingerprint density at radius 2 is 2.14 bits per heavy atom. The normalized spacial score (nSPS) is 12.9. The van der Waals surface area contributed by atoms with Crippen molar-refractivity contribution in [1.29, 1.82) is 0 Å². The first-order valence-corrected chi connectivity index (χ1v) is 8.13. The number of Topliss-reactive ketones (excluding diaryl/α,β-unsaturated/α-hetero) is 1. The van der Waals surface area contributed by atoms with E-state index >= 15 is 0 Å². The molecule has 2 heterocycles. The fraction of sp³-hybridized carbons (Fsp3) is 0.267. The van der Waals surface area contributed by atoms with Gasteiger partial charge in [-0.15, -0.1) is 11.3 Å². The van der Waals surface area contributed by atoms with Gasteiger partial charge in [-0.05, 0) is 58.2 Å². The molecular weight excluding hydrogens is 354 g/mol. The number of hydrogen-bond acceptors (Lipinski definition) is 5. The van der Waals surface area contributed by atoms with Crippen LogP contribution in [0.4, 0.5) is 0 Å². The minimum Gasteiger partial charge on any atom is -0.454 e. The summed E-state index contributed by atoms with van der Waals surface area (Å²) in [4.78, 5) is 14.3. The van der Waals surface area contributed by atoms with Crippen molar-refractivity contribution in [2.45, 2.75) is 6.54 Å². The number of thiophene rings is 1. The third-order valence-corrected chi connectivity index (χ3v) is 4.74. The second kappa shape index (κ2) is 6.17. The molecule has 0 radical (unpaired) electrons. The average Bonchev–Trinajstić information content (AvgIpc) is 3.06. The molecule has 0 N–H and O–H groups in total. The van der Waals surface area contributed by atoms with Crippen LogP contribution in [0.3, 0.4) is 0 Å². The summed E-state index contributed by atoms with van der Waals surface area (Å²) in [6, 6.07) is 7.39. The second-order valence-corrected chi connectivity index (χ2v) is 7.21. The molecule has 0 fully saturated rings. The van der Waals surface area contributed by atoms with Crippen LogP contribution in [0.2, 0.25) is 0 Å². The van der Waals surface area contributed by atoms with Crippen LogP contribution in [-0.4, -0.2) is 31.1 Å². The first-order chi connectivity index (χ1) is 10.1. The highest BCUT2D eigenvalue weighted by Gasteiger charge is 2.17. The summed E-state index contributed by atoms with van der Waals surface area (Å²) in [6.45, 7) is 1.34. The molecule has 0 atom stereocenters. The number of ether oxygens (including phenoxy) is 2. The van der Waals surface area contributed by atoms with E-state index in [9.17, 15) is 4.79 Å². The summed E-state index contributed by atoms with van der Waals surface area (Å²) in [5.41, 5.74) is 1.85. The fourth-order valence-electron chi connectivity index (χ4n) is 2.20. The Kier molecular flexibility index (Phi) is 4.28. The van der Waals surface area contributed by atoms with Crippen LogP contribution in [0.25, 0.3) is 0 Å². The van der Waals surface area contributed by atoms with Gasteiger partial charge in [-0.25, -0.2) is 0 Å². The van der Waals surface area contributed by atoms with Gasteiger partial charge in [-0.2, -0.15) is 0 Å². The molecule has 1 aromatic carbocycles. The number of likely N-dealkylation sites (N-methyl/N-ethyl adjacent to an activating group) is 1. The van der Waals surface area contributed by atoms with Crippen molar-refractivity contribution in [3.8, 4) is 11.5 Å². The molecule has 6 heteroatoms. The molecule has 3 rings (SSSR count). The van der Waals surface area contributed by atoms with E-state index in [1.54, 1.807) is 29.5 Å². The predicted octanol–water partition coefficient (Wildman–Crippen LogP) is 3.55. The van der Waals surface area contributed by atoms with Crippen LogP contribution in [-0.2, 0) is 6.54 Å². The molecule has 0 bridgehead atoms. The van der Waals surface area contributed by atoms with Crippen molar-refractivity contribution in [2.75, 3.05) is 20.4 Å². The maximum atomic E-state index is 12.3. The summed E-state index contributed by atoms with van der Waals surface area (Å²) in [5.74, 6) is 1.42. The van der Waals surface area contributed by atoms with E-state index in [4.69, 9.17) is 9.47 Å². The summed E-state index contributed by atoms with van der Waals surface area (Å²) < 4.78 is 11.7. The smallest absolute Gasteiger partial charge is 0.231 e. The number of fused-ring (bicyclic) bond motifs is 1. The molecule has 1 aliphatic rings. The topological polar surface area (TPSA) is 38.8 Å². The monoisotopic (exact) mass is 367 g/mol. The van der Waals surface area contributed by atoms with Crippen LogP contribution < -0.4 is 9.47 Å². The van der Waals surface area contributed by atoms with E-state index in [1.807, 2.05) is 11.9 Å². The van der Waals surface area contributed by atoms with Crippen molar-refractivity contribution < 1.29 is 14.3 Å². The van der Waals surface area contributed by atoms with E-state index in [2.05, 4.69) is 27.4 Å². The number of benzene rings is 1. The standard InChI is InChI=1S/C15H14BrNO3S/c1-17(6-10-4-15(16)21-8-10)7-12(18)11-2-3-13-14(5-11)20-9-19-13/h2-5,8H,6-7,9H2,1H3. The van der Waals surface area contributed by atoms with Crippen molar-refractivity contribution in [3.63, 3.8) is 0 Å². The van der Waals surface area contributed by atoms with Gasteiger partial charge in [0.15, 0.2) is 17.3 Å². The highest BCUT2D eigenvalue weighted by Crippen LogP contribution is 2.32. The zero-order chi connectivity index (χ0) is 14.8. The highest BCUT2D eigenvalue weighted by molar-refractivity contribution is 9.11. The van der Waals surface area contributed by atoms with Crippen LogP contribution >= 0.6 is 27.3 Å². The molecule has 0 amide bonds. The van der Waals surface area contributed by atoms with Gasteiger partial charge in [0.25, 0.3) is 0 Å². The van der Waals surface area contributed by atoms with Crippen LogP contribution in [0.1, 0.15) is 15.9 Å². The van der Waals surface area contributed by atoms with Crippen LogP contribution in [0, 0.1) is 0 Å². The Morgan fingerprint density at radius 3 is 2.90 bits per heavy atom. The molecule has 2 aromatic rings. The van der Waals surface area contributed by atoms with Gasteiger partial charge < -0.3 is 9.47 Å². The van der Waals surface area contributed by atoms with Crippen LogP contribution in [0.5, 0.6) is 11.5 Å². The molecule has 0 aliphatic carbocycles. The zero-order valence-corrected chi connectivity index (χ0v) is 13.9. The lowest BCUT2D eigenvalue weighted by atomic mass is 10.1. The van der Waals surface area contributed by atoms with E-state index in [0.717, 1.165) is 10.3 Å². The number of rotatable bonds is 5. The summed E-state index contributed by atoms with van der Waals surface area (Å²) in [5, 5.41) is 2.09. The van der Waals surface area contributed by atoms with Crippen LogP contribution in [0.15, 0.2) is 33.4 Å². The van der Waals surface area contributed by atoms with Crippen molar-refractivity contribution in [3.05, 3.63) is 44.6 Å². The Morgan fingerprint density at radius 1 is 1.33 bits per heavy atom. The number of halogens is 1. The quantitative estimate of drug-likeness (QED) is 0.757. The molecule has 0 spiro atoms. The highest BCUT2D eigenvalue weighted by atomic mass is 79.9. The molecule has 0 saturated heterocycles. The molecule has 21 heavy (non-hydrogen) atoms. The Balaban J connectivity index is 1.63. The van der Waals surface area contributed by atoms with Gasteiger partial charge in [0.05, 0.1) is 10.3 Å². The average molecular weight is 368 g/mol. The second-order valence-electron chi connectivity index (χ2n) is 4.92. The van der Waals surface area contributed by atoms with Crippen molar-refractivity contribution in [2.24, 2.45) is 0 Å². The number of nitrogens with zero attached hydrogens (tertiary/aromatic N) is 1. The van der Waals surface area contributed by atoms with Crippen molar-refractivity contribution >= 4 is 33.0 Å². The predicted molar refractivity (Wildman–Crippen MR) is 85.2 cm³/mol. The van der Waals surface area contributed by atoms with E-state index in [1.165, 1.54) is 5.56 Å². The zero-order valence-electron chi connectivity index (χ0n) is 11.5. The summed E-state index contributed by atoms with van der Waals surface area (Å²) >= 11 is 5.10. The van der Waals surface area contributed by atoms with Gasteiger partial charge in [0.1, 0.15) is 0 Å². The molecule has 4 nitrogen and oxygen atoms in total. The molecule has 110 valence electrons.